The molecule has 0 saturated heterocycles. The van der Waals surface area contributed by atoms with Crippen molar-refractivity contribution in [3.05, 3.63) is 0 Å². The van der Waals surface area contributed by atoms with Crippen LogP contribution in [0, 0.1) is 5.92 Å². The van der Waals surface area contributed by atoms with Crippen LogP contribution in [-0.4, -0.2) is 37.8 Å². The van der Waals surface area contributed by atoms with Gasteiger partial charge in [0.15, 0.2) is 0 Å². The molecule has 2 N–H and O–H groups in total. The summed E-state index contributed by atoms with van der Waals surface area (Å²) in [7, 11) is 1.82. The standard InChI is InChI=1S/C9H19F3N2/c1-8(6-13)7-14(2)5-3-4-9(10,11)12/h8H,3-7,13H2,1-2H3. The number of halogens is 3. The molecule has 0 radical (unpaired) electrons. The van der Waals surface area contributed by atoms with Crippen LogP contribution in [0.3, 0.4) is 0 Å². The van der Waals surface area contributed by atoms with Gasteiger partial charge in [-0.2, -0.15) is 13.2 Å². The quantitative estimate of drug-likeness (QED) is 0.728. The monoisotopic (exact) mass is 212 g/mol. The molecule has 0 amide bonds. The average Bonchev–Trinajstić information content (AvgIpc) is 2.01. The lowest BCUT2D eigenvalue weighted by Crippen LogP contribution is -2.29. The van der Waals surface area contributed by atoms with Crippen LogP contribution in [0.2, 0.25) is 0 Å². The molecule has 0 aliphatic heterocycles. The second kappa shape index (κ2) is 6.24. The molecule has 0 rings (SSSR count). The van der Waals surface area contributed by atoms with Crippen LogP contribution >= 0.6 is 0 Å². The van der Waals surface area contributed by atoms with Crippen LogP contribution in [0.1, 0.15) is 19.8 Å². The predicted molar refractivity (Wildman–Crippen MR) is 51.0 cm³/mol. The summed E-state index contributed by atoms with van der Waals surface area (Å²) >= 11 is 0. The molecule has 0 saturated carbocycles. The molecule has 2 nitrogen and oxygen atoms in total. The van der Waals surface area contributed by atoms with E-state index < -0.39 is 12.6 Å². The normalized spacial score (nSPS) is 14.8. The third-order valence-electron chi connectivity index (χ3n) is 2.03. The Labute approximate surface area is 83.3 Å². The molecule has 0 aromatic carbocycles. The maximum atomic E-state index is 11.8. The summed E-state index contributed by atoms with van der Waals surface area (Å²) in [6, 6.07) is 0. The minimum atomic E-state index is -4.03. The molecule has 86 valence electrons. The molecule has 0 aliphatic rings. The maximum absolute atomic E-state index is 11.8. The Balaban J connectivity index is 3.49. The number of rotatable bonds is 6. The van der Waals surface area contributed by atoms with Crippen molar-refractivity contribution in [3.63, 3.8) is 0 Å². The fourth-order valence-corrected chi connectivity index (χ4v) is 1.25. The van der Waals surface area contributed by atoms with Crippen molar-refractivity contribution in [1.29, 1.82) is 0 Å². The topological polar surface area (TPSA) is 29.3 Å². The van der Waals surface area contributed by atoms with Gasteiger partial charge in [-0.3, -0.25) is 0 Å². The SMILES string of the molecule is CC(CN)CN(C)CCCC(F)(F)F. The van der Waals surface area contributed by atoms with Crippen LogP contribution in [-0.2, 0) is 0 Å². The Morgan fingerprint density at radius 1 is 1.36 bits per heavy atom. The molecular weight excluding hydrogens is 193 g/mol. The molecule has 1 unspecified atom stereocenters. The zero-order valence-corrected chi connectivity index (χ0v) is 8.77. The van der Waals surface area contributed by atoms with E-state index in [-0.39, 0.29) is 6.42 Å². The van der Waals surface area contributed by atoms with Gasteiger partial charge in [0.1, 0.15) is 0 Å². The molecule has 5 heteroatoms. The van der Waals surface area contributed by atoms with Crippen LogP contribution in [0.25, 0.3) is 0 Å². The zero-order chi connectivity index (χ0) is 11.2. The van der Waals surface area contributed by atoms with Gasteiger partial charge in [-0.15, -0.1) is 0 Å². The van der Waals surface area contributed by atoms with E-state index in [1.807, 2.05) is 18.9 Å². The van der Waals surface area contributed by atoms with Gasteiger partial charge < -0.3 is 10.6 Å². The molecule has 0 aromatic rings. The fraction of sp³-hybridized carbons (Fsp3) is 1.00. The summed E-state index contributed by atoms with van der Waals surface area (Å²) in [5, 5.41) is 0. The van der Waals surface area contributed by atoms with Crippen molar-refractivity contribution in [2.45, 2.75) is 25.9 Å². The molecule has 1 atom stereocenters. The molecule has 0 heterocycles. The minimum Gasteiger partial charge on any atom is -0.330 e. The van der Waals surface area contributed by atoms with Crippen LogP contribution in [0.15, 0.2) is 0 Å². The highest BCUT2D eigenvalue weighted by Crippen LogP contribution is 2.21. The second-order valence-corrected chi connectivity index (χ2v) is 3.82. The van der Waals surface area contributed by atoms with Gasteiger partial charge in [-0.25, -0.2) is 0 Å². The zero-order valence-electron chi connectivity index (χ0n) is 8.77. The van der Waals surface area contributed by atoms with E-state index in [1.54, 1.807) is 0 Å². The van der Waals surface area contributed by atoms with Crippen molar-refractivity contribution in [2.75, 3.05) is 26.7 Å². The van der Waals surface area contributed by atoms with Crippen molar-refractivity contribution < 1.29 is 13.2 Å². The van der Waals surface area contributed by atoms with Crippen LogP contribution in [0.4, 0.5) is 13.2 Å². The number of nitrogens with two attached hydrogens (primary N) is 1. The number of alkyl halides is 3. The Kier molecular flexibility index (Phi) is 6.11. The molecule has 0 spiro atoms. The van der Waals surface area contributed by atoms with Gasteiger partial charge in [0, 0.05) is 13.0 Å². The first kappa shape index (κ1) is 13.7. The first-order valence-electron chi connectivity index (χ1n) is 4.80. The number of nitrogens with zero attached hydrogens (tertiary/aromatic N) is 1. The summed E-state index contributed by atoms with van der Waals surface area (Å²) in [5.41, 5.74) is 5.41. The summed E-state index contributed by atoms with van der Waals surface area (Å²) in [6.45, 7) is 3.79. The van der Waals surface area contributed by atoms with E-state index in [0.29, 0.717) is 19.0 Å². The maximum Gasteiger partial charge on any atom is 0.389 e. The fourth-order valence-electron chi connectivity index (χ4n) is 1.25. The van der Waals surface area contributed by atoms with E-state index in [0.717, 1.165) is 6.54 Å². The van der Waals surface area contributed by atoms with Crippen molar-refractivity contribution in [3.8, 4) is 0 Å². The Morgan fingerprint density at radius 3 is 2.36 bits per heavy atom. The predicted octanol–water partition coefficient (Wildman–Crippen LogP) is 1.86. The van der Waals surface area contributed by atoms with E-state index in [1.165, 1.54) is 0 Å². The number of hydrogen-bond acceptors (Lipinski definition) is 2. The number of hydrogen-bond donors (Lipinski definition) is 1. The molecular formula is C9H19F3N2. The minimum absolute atomic E-state index is 0.164. The first-order valence-corrected chi connectivity index (χ1v) is 4.80. The lowest BCUT2D eigenvalue weighted by atomic mass is 10.1. The van der Waals surface area contributed by atoms with Crippen molar-refractivity contribution >= 4 is 0 Å². The van der Waals surface area contributed by atoms with E-state index in [4.69, 9.17) is 5.73 Å². The van der Waals surface area contributed by atoms with Gasteiger partial charge in [0.05, 0.1) is 0 Å². The van der Waals surface area contributed by atoms with E-state index in [2.05, 4.69) is 0 Å². The molecule has 0 aliphatic carbocycles. The Bertz CT molecular complexity index is 147. The summed E-state index contributed by atoms with van der Waals surface area (Å²) in [6.07, 6.45) is -4.56. The first-order chi connectivity index (χ1) is 6.35. The summed E-state index contributed by atoms with van der Waals surface area (Å²) < 4.78 is 35.4. The van der Waals surface area contributed by atoms with Gasteiger partial charge in [0.25, 0.3) is 0 Å². The lowest BCUT2D eigenvalue weighted by molar-refractivity contribution is -0.136. The molecule has 0 fully saturated rings. The second-order valence-electron chi connectivity index (χ2n) is 3.82. The van der Waals surface area contributed by atoms with Gasteiger partial charge >= 0.3 is 6.18 Å². The lowest BCUT2D eigenvalue weighted by Gasteiger charge is -2.20. The van der Waals surface area contributed by atoms with Gasteiger partial charge in [-0.1, -0.05) is 6.92 Å². The highest BCUT2D eigenvalue weighted by atomic mass is 19.4. The highest BCUT2D eigenvalue weighted by Gasteiger charge is 2.26. The summed E-state index contributed by atoms with van der Waals surface area (Å²) in [4.78, 5) is 1.89. The van der Waals surface area contributed by atoms with Gasteiger partial charge in [-0.05, 0) is 32.5 Å². The van der Waals surface area contributed by atoms with Gasteiger partial charge in [0.2, 0.25) is 0 Å². The van der Waals surface area contributed by atoms with Crippen LogP contribution < -0.4 is 5.73 Å². The average molecular weight is 212 g/mol. The largest absolute Gasteiger partial charge is 0.389 e. The molecule has 0 aromatic heterocycles. The third kappa shape index (κ3) is 8.31. The molecule has 0 bridgehead atoms. The Hall–Kier alpha value is -0.290. The highest BCUT2D eigenvalue weighted by molar-refractivity contribution is 4.61. The van der Waals surface area contributed by atoms with E-state index >= 15 is 0 Å². The third-order valence-corrected chi connectivity index (χ3v) is 2.03. The van der Waals surface area contributed by atoms with E-state index in [9.17, 15) is 13.2 Å². The molecule has 14 heavy (non-hydrogen) atoms. The Morgan fingerprint density at radius 2 is 1.93 bits per heavy atom. The smallest absolute Gasteiger partial charge is 0.330 e. The van der Waals surface area contributed by atoms with Crippen molar-refractivity contribution in [1.82, 2.24) is 4.90 Å². The van der Waals surface area contributed by atoms with Crippen molar-refractivity contribution in [2.24, 2.45) is 11.7 Å². The van der Waals surface area contributed by atoms with Crippen LogP contribution in [0.5, 0.6) is 0 Å². The summed E-state index contributed by atoms with van der Waals surface area (Å²) in [5.74, 6) is 0.339.